The van der Waals surface area contributed by atoms with Crippen molar-refractivity contribution >= 4 is 17.9 Å². The van der Waals surface area contributed by atoms with E-state index in [-0.39, 0.29) is 12.1 Å². The van der Waals surface area contributed by atoms with Crippen LogP contribution in [0, 0.1) is 0 Å². The van der Waals surface area contributed by atoms with E-state index in [0.29, 0.717) is 12.8 Å². The Morgan fingerprint density at radius 1 is 1.14 bits per heavy atom. The van der Waals surface area contributed by atoms with Crippen LogP contribution in [0.3, 0.4) is 0 Å². The molecule has 0 aromatic heterocycles. The molecule has 29 heavy (non-hydrogen) atoms. The number of anilines is 1. The van der Waals surface area contributed by atoms with Gasteiger partial charge in [-0.05, 0) is 43.9 Å². The first kappa shape index (κ1) is 23.2. The molecule has 4 nitrogen and oxygen atoms in total. The minimum Gasteiger partial charge on any atom is -0.462 e. The van der Waals surface area contributed by atoms with Crippen LogP contribution in [0.5, 0.6) is 0 Å². The summed E-state index contributed by atoms with van der Waals surface area (Å²) in [5.74, 6) is -0.125. The minimum absolute atomic E-state index is 0.125. The molecule has 0 spiro atoms. The highest BCUT2D eigenvalue weighted by atomic mass is 16.5. The van der Waals surface area contributed by atoms with Gasteiger partial charge in [-0.25, -0.2) is 0 Å². The topological polar surface area (TPSA) is 41.9 Å². The van der Waals surface area contributed by atoms with Crippen molar-refractivity contribution in [1.29, 1.82) is 0 Å². The number of hydrogen-bond donors (Lipinski definition) is 0. The summed E-state index contributed by atoms with van der Waals surface area (Å²) in [4.78, 5) is 18.4. The molecule has 1 aromatic rings. The second kappa shape index (κ2) is 13.2. The zero-order valence-corrected chi connectivity index (χ0v) is 18.5. The Bertz CT molecular complexity index is 681. The normalized spacial score (nSPS) is 14.6. The van der Waals surface area contributed by atoms with Crippen molar-refractivity contribution in [2.24, 2.45) is 4.99 Å². The molecule has 1 aliphatic rings. The Kier molecular flexibility index (Phi) is 10.5. The van der Waals surface area contributed by atoms with Gasteiger partial charge in [0.1, 0.15) is 6.10 Å². The van der Waals surface area contributed by atoms with E-state index < -0.39 is 0 Å². The molecule has 2 rings (SSSR count). The number of ether oxygens (including phenoxy) is 1. The van der Waals surface area contributed by atoms with Gasteiger partial charge in [0.05, 0.1) is 12.2 Å². The lowest BCUT2D eigenvalue weighted by Gasteiger charge is -2.24. The molecule has 0 aliphatic carbocycles. The van der Waals surface area contributed by atoms with E-state index in [4.69, 9.17) is 4.74 Å². The Hall–Kier alpha value is -2.10. The van der Waals surface area contributed by atoms with Crippen LogP contribution in [0.25, 0.3) is 0 Å². The average molecular weight is 399 g/mol. The third kappa shape index (κ3) is 8.84. The van der Waals surface area contributed by atoms with Crippen molar-refractivity contribution in [2.75, 3.05) is 11.4 Å². The molecular weight excluding hydrogens is 360 g/mol. The van der Waals surface area contributed by atoms with Crippen LogP contribution < -0.4 is 4.90 Å². The third-order valence-corrected chi connectivity index (χ3v) is 5.18. The maximum absolute atomic E-state index is 11.7. The van der Waals surface area contributed by atoms with E-state index in [0.717, 1.165) is 25.1 Å². The average Bonchev–Trinajstić information content (AvgIpc) is 2.71. The van der Waals surface area contributed by atoms with Gasteiger partial charge in [0.2, 0.25) is 0 Å². The lowest BCUT2D eigenvalue weighted by atomic mass is 10.0. The molecule has 0 saturated carbocycles. The fourth-order valence-corrected chi connectivity index (χ4v) is 3.62. The number of aryl methyl sites for hydroxylation is 1. The van der Waals surface area contributed by atoms with Gasteiger partial charge >= 0.3 is 5.97 Å². The summed E-state index contributed by atoms with van der Waals surface area (Å²) in [6.45, 7) is 6.95. The Labute approximate surface area is 177 Å². The molecule has 1 aliphatic heterocycles. The highest BCUT2D eigenvalue weighted by Gasteiger charge is 2.14. The molecule has 0 radical (unpaired) electrons. The fourth-order valence-electron chi connectivity index (χ4n) is 3.62. The maximum atomic E-state index is 11.7. The van der Waals surface area contributed by atoms with E-state index in [1.165, 1.54) is 49.8 Å². The Morgan fingerprint density at radius 3 is 2.72 bits per heavy atom. The molecule has 0 fully saturated rings. The van der Waals surface area contributed by atoms with Gasteiger partial charge in [-0.3, -0.25) is 9.79 Å². The van der Waals surface area contributed by atoms with Gasteiger partial charge < -0.3 is 9.64 Å². The second-order valence-electron chi connectivity index (χ2n) is 8.03. The van der Waals surface area contributed by atoms with E-state index in [9.17, 15) is 4.79 Å². The van der Waals surface area contributed by atoms with Crippen LogP contribution in [-0.4, -0.2) is 24.8 Å². The molecule has 0 N–H and O–H groups in total. The number of rotatable bonds is 13. The molecule has 0 bridgehead atoms. The number of unbranched alkanes of at least 4 members (excludes halogenated alkanes) is 5. The number of hydrogen-bond acceptors (Lipinski definition) is 4. The monoisotopic (exact) mass is 398 g/mol. The minimum atomic E-state index is -0.156. The first-order valence-corrected chi connectivity index (χ1v) is 11.4. The highest BCUT2D eigenvalue weighted by Crippen LogP contribution is 2.22. The molecular formula is C25H38N2O2. The summed E-state index contributed by atoms with van der Waals surface area (Å²) in [6.07, 6.45) is 14.9. The van der Waals surface area contributed by atoms with Gasteiger partial charge in [-0.1, -0.05) is 58.1 Å². The van der Waals surface area contributed by atoms with Crippen LogP contribution in [-0.2, 0) is 16.0 Å². The van der Waals surface area contributed by atoms with Gasteiger partial charge in [-0.15, -0.1) is 0 Å². The van der Waals surface area contributed by atoms with E-state index in [1.807, 2.05) is 20.1 Å². The Morgan fingerprint density at radius 2 is 1.93 bits per heavy atom. The van der Waals surface area contributed by atoms with Gasteiger partial charge in [0.15, 0.2) is 0 Å². The van der Waals surface area contributed by atoms with Gasteiger partial charge in [0, 0.05) is 30.9 Å². The number of carbonyl (C=O) groups excluding carboxylic acids is 1. The number of aliphatic imine (C=N–C) groups is 1. The first-order chi connectivity index (χ1) is 14.1. The zero-order chi connectivity index (χ0) is 20.9. The van der Waals surface area contributed by atoms with E-state index >= 15 is 0 Å². The van der Waals surface area contributed by atoms with E-state index in [2.05, 4.69) is 47.3 Å². The number of carbonyl (C=O) groups is 1. The Balaban J connectivity index is 1.87. The fraction of sp³-hybridized carbons (Fsp3) is 0.600. The van der Waals surface area contributed by atoms with Gasteiger partial charge in [-0.2, -0.15) is 0 Å². The van der Waals surface area contributed by atoms with Crippen molar-refractivity contribution in [3.63, 3.8) is 0 Å². The lowest BCUT2D eigenvalue weighted by molar-refractivity contribution is -0.148. The molecule has 4 heteroatoms. The van der Waals surface area contributed by atoms with Crippen LogP contribution in [0.4, 0.5) is 5.69 Å². The quantitative estimate of drug-likeness (QED) is 0.283. The van der Waals surface area contributed by atoms with Crippen molar-refractivity contribution in [2.45, 2.75) is 91.1 Å². The lowest BCUT2D eigenvalue weighted by Crippen LogP contribution is -2.24. The molecule has 1 heterocycles. The second-order valence-corrected chi connectivity index (χ2v) is 8.03. The summed E-state index contributed by atoms with van der Waals surface area (Å²) in [7, 11) is 0. The number of benzene rings is 1. The summed E-state index contributed by atoms with van der Waals surface area (Å²) >= 11 is 0. The number of nitrogens with zero attached hydrogens (tertiary/aromatic N) is 2. The molecule has 1 unspecified atom stereocenters. The zero-order valence-electron chi connectivity index (χ0n) is 18.5. The maximum Gasteiger partial charge on any atom is 0.306 e. The van der Waals surface area contributed by atoms with Crippen LogP contribution in [0.1, 0.15) is 84.1 Å². The molecule has 0 saturated heterocycles. The summed E-state index contributed by atoms with van der Waals surface area (Å²) in [5.41, 5.74) is 3.56. The summed E-state index contributed by atoms with van der Waals surface area (Å²) < 4.78 is 5.46. The van der Waals surface area contributed by atoms with Crippen LogP contribution in [0.15, 0.2) is 41.2 Å². The first-order valence-electron chi connectivity index (χ1n) is 11.4. The summed E-state index contributed by atoms with van der Waals surface area (Å²) in [6, 6.07) is 8.83. The largest absolute Gasteiger partial charge is 0.462 e. The molecule has 1 atom stereocenters. The van der Waals surface area contributed by atoms with E-state index in [1.54, 1.807) is 0 Å². The molecule has 1 aromatic carbocycles. The van der Waals surface area contributed by atoms with Gasteiger partial charge in [0.25, 0.3) is 0 Å². The van der Waals surface area contributed by atoms with Crippen LogP contribution >= 0.6 is 0 Å². The molecule has 0 amide bonds. The predicted molar refractivity (Wildman–Crippen MR) is 123 cm³/mol. The standard InChI is InChI=1S/C25H38N2O2/c1-4-6-7-8-9-10-13-22-14-11-15-24(19-22)27-17-16-26-23(20-27)18-21(3)29-25(28)12-5-2/h11,14-16,19-21H,4-10,12-13,17-18H2,1-3H3. The molecule has 160 valence electrons. The van der Waals surface area contributed by atoms with Crippen molar-refractivity contribution in [3.05, 3.63) is 41.7 Å². The third-order valence-electron chi connectivity index (χ3n) is 5.18. The van der Waals surface area contributed by atoms with Crippen molar-refractivity contribution in [3.8, 4) is 0 Å². The smallest absolute Gasteiger partial charge is 0.306 e. The van der Waals surface area contributed by atoms with Crippen LogP contribution in [0.2, 0.25) is 0 Å². The number of esters is 1. The highest BCUT2D eigenvalue weighted by molar-refractivity contribution is 5.71. The van der Waals surface area contributed by atoms with Crippen molar-refractivity contribution in [1.82, 2.24) is 0 Å². The predicted octanol–water partition coefficient (Wildman–Crippen LogP) is 6.44. The SMILES string of the molecule is CCCCCCCCc1cccc(N2C=C(CC(C)OC(=O)CCC)N=CC2)c1. The summed E-state index contributed by atoms with van der Waals surface area (Å²) in [5, 5.41) is 0. The van der Waals surface area contributed by atoms with Crippen molar-refractivity contribution < 1.29 is 9.53 Å².